The first kappa shape index (κ1) is 13.4. The Labute approximate surface area is 112 Å². The number of hydrogen-bond acceptors (Lipinski definition) is 2. The molecule has 0 aromatic heterocycles. The molecule has 1 saturated carbocycles. The van der Waals surface area contributed by atoms with E-state index in [-0.39, 0.29) is 5.82 Å². The molecule has 18 heavy (non-hydrogen) atoms. The highest BCUT2D eigenvalue weighted by atomic mass is 32.2. The van der Waals surface area contributed by atoms with Crippen LogP contribution in [-0.4, -0.2) is 4.75 Å². The summed E-state index contributed by atoms with van der Waals surface area (Å²) in [5.41, 5.74) is 0.300. The van der Waals surface area contributed by atoms with Crippen molar-refractivity contribution in [1.29, 1.82) is 5.26 Å². The zero-order valence-corrected chi connectivity index (χ0v) is 11.7. The molecular weight excluding hydrogens is 245 g/mol. The Morgan fingerprint density at radius 3 is 2.39 bits per heavy atom. The third-order valence-electron chi connectivity index (χ3n) is 4.17. The minimum absolute atomic E-state index is 0.220. The van der Waals surface area contributed by atoms with E-state index in [4.69, 9.17) is 0 Å². The molecule has 0 heterocycles. The van der Waals surface area contributed by atoms with Crippen LogP contribution < -0.4 is 0 Å². The molecule has 96 valence electrons. The third kappa shape index (κ3) is 2.27. The Hall–Kier alpha value is -1.01. The van der Waals surface area contributed by atoms with Crippen LogP contribution in [0.1, 0.15) is 39.5 Å². The van der Waals surface area contributed by atoms with Gasteiger partial charge in [0.2, 0.25) is 0 Å². The van der Waals surface area contributed by atoms with Crippen LogP contribution in [0.25, 0.3) is 0 Å². The zero-order valence-electron chi connectivity index (χ0n) is 10.9. The molecule has 1 aliphatic carbocycles. The monoisotopic (exact) mass is 263 g/mol. The van der Waals surface area contributed by atoms with E-state index in [1.165, 1.54) is 17.8 Å². The molecule has 0 amide bonds. The van der Waals surface area contributed by atoms with Gasteiger partial charge in [-0.1, -0.05) is 38.8 Å². The molecule has 0 radical (unpaired) electrons. The SMILES string of the molecule is CCC1(CC)CC(C#N)(Sc2ccccc2F)C1. The number of rotatable bonds is 4. The van der Waals surface area contributed by atoms with Crippen LogP contribution in [0.15, 0.2) is 29.2 Å². The predicted molar refractivity (Wildman–Crippen MR) is 72.9 cm³/mol. The smallest absolute Gasteiger partial charge is 0.136 e. The number of thioether (sulfide) groups is 1. The second kappa shape index (κ2) is 4.93. The summed E-state index contributed by atoms with van der Waals surface area (Å²) in [5, 5.41) is 9.42. The van der Waals surface area contributed by atoms with Crippen molar-refractivity contribution < 1.29 is 4.39 Å². The second-order valence-electron chi connectivity index (χ2n) is 5.20. The topological polar surface area (TPSA) is 23.8 Å². The highest BCUT2D eigenvalue weighted by molar-refractivity contribution is 8.01. The molecule has 1 aromatic rings. The van der Waals surface area contributed by atoms with Crippen LogP contribution in [0.3, 0.4) is 0 Å². The summed E-state index contributed by atoms with van der Waals surface area (Å²) in [7, 11) is 0. The Kier molecular flexibility index (Phi) is 3.68. The van der Waals surface area contributed by atoms with E-state index in [1.807, 2.05) is 6.07 Å². The maximum Gasteiger partial charge on any atom is 0.136 e. The van der Waals surface area contributed by atoms with Crippen molar-refractivity contribution in [2.75, 3.05) is 0 Å². The van der Waals surface area contributed by atoms with E-state index >= 15 is 0 Å². The number of benzene rings is 1. The van der Waals surface area contributed by atoms with Crippen LogP contribution in [0.4, 0.5) is 4.39 Å². The molecule has 1 nitrogen and oxygen atoms in total. The van der Waals surface area contributed by atoms with Gasteiger partial charge in [0.25, 0.3) is 0 Å². The Morgan fingerprint density at radius 2 is 1.89 bits per heavy atom. The molecule has 0 saturated heterocycles. The lowest BCUT2D eigenvalue weighted by molar-refractivity contribution is 0.0984. The highest BCUT2D eigenvalue weighted by Gasteiger charge is 2.53. The summed E-state index contributed by atoms with van der Waals surface area (Å²) < 4.78 is 13.2. The van der Waals surface area contributed by atoms with Gasteiger partial charge < -0.3 is 0 Å². The van der Waals surface area contributed by atoms with Crippen LogP contribution in [0, 0.1) is 22.6 Å². The third-order valence-corrected chi connectivity index (χ3v) is 5.49. The summed E-state index contributed by atoms with van der Waals surface area (Å²) in [4.78, 5) is 0.597. The lowest BCUT2D eigenvalue weighted by atomic mass is 9.59. The van der Waals surface area contributed by atoms with Crippen LogP contribution in [0.5, 0.6) is 0 Å². The van der Waals surface area contributed by atoms with E-state index < -0.39 is 4.75 Å². The van der Waals surface area contributed by atoms with Crippen molar-refractivity contribution in [2.24, 2.45) is 5.41 Å². The minimum Gasteiger partial charge on any atom is -0.206 e. The fourth-order valence-electron chi connectivity index (χ4n) is 2.82. The first-order valence-electron chi connectivity index (χ1n) is 6.43. The zero-order chi connectivity index (χ0) is 13.2. The Bertz CT molecular complexity index is 466. The molecule has 0 N–H and O–H groups in total. The number of hydrogen-bond donors (Lipinski definition) is 0. The fourth-order valence-corrected chi connectivity index (χ4v) is 4.36. The van der Waals surface area contributed by atoms with Gasteiger partial charge in [-0.3, -0.25) is 0 Å². The van der Waals surface area contributed by atoms with E-state index in [2.05, 4.69) is 19.9 Å². The normalized spacial score (nSPS) is 19.9. The van der Waals surface area contributed by atoms with Gasteiger partial charge in [0.1, 0.15) is 10.6 Å². The first-order valence-corrected chi connectivity index (χ1v) is 7.25. The summed E-state index contributed by atoms with van der Waals surface area (Å²) in [5.74, 6) is -0.220. The highest BCUT2D eigenvalue weighted by Crippen LogP contribution is 2.60. The molecule has 1 aliphatic rings. The average molecular weight is 263 g/mol. The van der Waals surface area contributed by atoms with Gasteiger partial charge in [0.15, 0.2) is 0 Å². The van der Waals surface area contributed by atoms with E-state index in [9.17, 15) is 9.65 Å². The molecule has 0 bridgehead atoms. The molecule has 0 atom stereocenters. The van der Waals surface area contributed by atoms with E-state index in [1.54, 1.807) is 12.1 Å². The minimum atomic E-state index is -0.422. The quantitative estimate of drug-likeness (QED) is 0.780. The van der Waals surface area contributed by atoms with Gasteiger partial charge in [-0.15, -0.1) is 11.8 Å². The van der Waals surface area contributed by atoms with Crippen molar-refractivity contribution >= 4 is 11.8 Å². The van der Waals surface area contributed by atoms with E-state index in [0.29, 0.717) is 10.3 Å². The number of nitriles is 1. The predicted octanol–water partition coefficient (Wildman–Crippen LogP) is 4.78. The number of halogens is 1. The summed E-state index contributed by atoms with van der Waals surface area (Å²) in [6.45, 7) is 4.36. The van der Waals surface area contributed by atoms with Crippen LogP contribution >= 0.6 is 11.8 Å². The first-order chi connectivity index (χ1) is 8.59. The molecule has 0 unspecified atom stereocenters. The standard InChI is InChI=1S/C15H18FNS/c1-3-14(4-2)9-15(10-14,11-17)18-13-8-6-5-7-12(13)16/h5-8H,3-4,9-10H2,1-2H3. The molecular formula is C15H18FNS. The van der Waals surface area contributed by atoms with Gasteiger partial charge >= 0.3 is 0 Å². The molecule has 0 spiro atoms. The maximum absolute atomic E-state index is 13.6. The fraction of sp³-hybridized carbons (Fsp3) is 0.533. The molecule has 2 rings (SSSR count). The largest absolute Gasteiger partial charge is 0.206 e. The maximum atomic E-state index is 13.6. The van der Waals surface area contributed by atoms with Gasteiger partial charge in [-0.05, 0) is 30.4 Å². The van der Waals surface area contributed by atoms with Crippen molar-refractivity contribution in [3.8, 4) is 6.07 Å². The lowest BCUT2D eigenvalue weighted by Crippen LogP contribution is -2.48. The number of nitrogens with zero attached hydrogens (tertiary/aromatic N) is 1. The molecule has 1 fully saturated rings. The van der Waals surface area contributed by atoms with Crippen molar-refractivity contribution in [2.45, 2.75) is 49.2 Å². The second-order valence-corrected chi connectivity index (χ2v) is 6.62. The lowest BCUT2D eigenvalue weighted by Gasteiger charge is -2.52. The average Bonchev–Trinajstić information content (AvgIpc) is 2.36. The van der Waals surface area contributed by atoms with Gasteiger partial charge in [-0.25, -0.2) is 4.39 Å². The van der Waals surface area contributed by atoms with Crippen LogP contribution in [0.2, 0.25) is 0 Å². The van der Waals surface area contributed by atoms with Gasteiger partial charge in [0.05, 0.1) is 6.07 Å². The van der Waals surface area contributed by atoms with Crippen molar-refractivity contribution in [3.63, 3.8) is 0 Å². The van der Waals surface area contributed by atoms with Crippen molar-refractivity contribution in [1.82, 2.24) is 0 Å². The van der Waals surface area contributed by atoms with Crippen molar-refractivity contribution in [3.05, 3.63) is 30.1 Å². The Balaban J connectivity index is 2.14. The van der Waals surface area contributed by atoms with E-state index in [0.717, 1.165) is 25.7 Å². The molecule has 1 aromatic carbocycles. The van der Waals surface area contributed by atoms with Gasteiger partial charge in [-0.2, -0.15) is 5.26 Å². The van der Waals surface area contributed by atoms with Gasteiger partial charge in [0, 0.05) is 4.90 Å². The molecule has 0 aliphatic heterocycles. The summed E-state index contributed by atoms with van der Waals surface area (Å²) >= 11 is 1.40. The van der Waals surface area contributed by atoms with Crippen LogP contribution in [-0.2, 0) is 0 Å². The molecule has 3 heteroatoms. The summed E-state index contributed by atoms with van der Waals surface area (Å²) in [6.07, 6.45) is 3.96. The summed E-state index contributed by atoms with van der Waals surface area (Å²) in [6, 6.07) is 9.13. The Morgan fingerprint density at radius 1 is 1.28 bits per heavy atom.